The molecule has 9 heteroatoms. The van der Waals surface area contributed by atoms with Gasteiger partial charge in [-0.25, -0.2) is 0 Å². The summed E-state index contributed by atoms with van der Waals surface area (Å²) in [4.78, 5) is 14.2. The number of halogens is 2. The maximum absolute atomic E-state index is 10.4. The molecule has 0 bridgehead atoms. The molecular weight excluding hydrogens is 486 g/mol. The number of methoxy groups -OCH3 is 1. The summed E-state index contributed by atoms with van der Waals surface area (Å²) in [6.07, 6.45) is 0. The van der Waals surface area contributed by atoms with Crippen molar-refractivity contribution in [3.8, 4) is 11.4 Å². The van der Waals surface area contributed by atoms with Gasteiger partial charge in [0.1, 0.15) is 23.9 Å². The van der Waals surface area contributed by atoms with E-state index in [1.165, 1.54) is 19.7 Å². The number of aliphatic imine (C=N–C) groups is 1. The van der Waals surface area contributed by atoms with Crippen molar-refractivity contribution in [3.05, 3.63) is 70.3 Å². The third-order valence-corrected chi connectivity index (χ3v) is 4.34. The van der Waals surface area contributed by atoms with Gasteiger partial charge in [-0.05, 0) is 51.1 Å². The van der Waals surface area contributed by atoms with E-state index < -0.39 is 15.4 Å². The Bertz CT molecular complexity index is 1060. The molecule has 1 aliphatic heterocycles. The molecule has 3 aromatic rings. The van der Waals surface area contributed by atoms with Crippen LogP contribution in [-0.4, -0.2) is 48.8 Å². The number of ketones is 1. The normalized spacial score (nSPS) is 11.4. The monoisotopic (exact) mass is 510 g/mol. The predicted molar refractivity (Wildman–Crippen MR) is 123 cm³/mol. The zero-order valence-electron chi connectivity index (χ0n) is 18.0. The summed E-state index contributed by atoms with van der Waals surface area (Å²) in [6, 6.07) is 13.6. The van der Waals surface area contributed by atoms with Gasteiger partial charge in [-0.2, -0.15) is 0 Å². The Hall–Kier alpha value is -2.54. The molecule has 31 heavy (non-hydrogen) atoms. The van der Waals surface area contributed by atoms with E-state index in [0.717, 1.165) is 39.9 Å². The summed E-state index contributed by atoms with van der Waals surface area (Å²) in [6.45, 7) is 5.47. The molecular formula is C22H24ClFN4O2Se. The molecule has 0 atom stereocenters. The number of aryl methyl sites for hydroxylation is 1. The molecule has 1 aliphatic rings. The van der Waals surface area contributed by atoms with Crippen LogP contribution in [0.5, 0.6) is 5.75 Å². The van der Waals surface area contributed by atoms with Gasteiger partial charge in [0.2, 0.25) is 0 Å². The molecule has 0 aliphatic carbocycles. The minimum atomic E-state index is -0.625. The van der Waals surface area contributed by atoms with Crippen LogP contribution < -0.4 is 4.74 Å². The van der Waals surface area contributed by atoms with Gasteiger partial charge in [0.05, 0.1) is 18.5 Å². The van der Waals surface area contributed by atoms with Gasteiger partial charge in [0.15, 0.2) is 5.82 Å². The fourth-order valence-electron chi connectivity index (χ4n) is 2.94. The molecule has 164 valence electrons. The van der Waals surface area contributed by atoms with Gasteiger partial charge in [0.25, 0.3) is 0 Å². The molecule has 1 aromatic heterocycles. The molecule has 0 radical (unpaired) electrons. The number of hydrogen-bond acceptors (Lipinski definition) is 5. The first kappa shape index (κ1) is 24.7. The number of rotatable bonds is 2. The third-order valence-electron chi connectivity index (χ3n) is 4.09. The minimum absolute atomic E-state index is 0.167. The Kier molecular flexibility index (Phi) is 9.37. The van der Waals surface area contributed by atoms with Crippen LogP contribution in [0.3, 0.4) is 0 Å². The Morgan fingerprint density at radius 2 is 1.77 bits per heavy atom. The number of hydrogen-bond donors (Lipinski definition) is 0. The van der Waals surface area contributed by atoms with Crippen LogP contribution in [0, 0.1) is 6.92 Å². The number of ether oxygens (including phenoxy) is 1. The average Bonchev–Trinajstić information content (AvgIpc) is 3.01. The number of carbonyl (C=O) groups excluding carboxylic acids is 1. The van der Waals surface area contributed by atoms with E-state index in [2.05, 4.69) is 10.2 Å². The van der Waals surface area contributed by atoms with Gasteiger partial charge in [-0.15, -0.1) is 10.2 Å². The maximum atomic E-state index is 10.4. The number of carbonyl (C=O) groups is 1. The van der Waals surface area contributed by atoms with Crippen molar-refractivity contribution < 1.29 is 13.1 Å². The van der Waals surface area contributed by atoms with Gasteiger partial charge in [-0.1, -0.05) is 23.7 Å². The Balaban J connectivity index is 0.000000431. The van der Waals surface area contributed by atoms with Crippen LogP contribution in [0.1, 0.15) is 36.6 Å². The first-order chi connectivity index (χ1) is 14.8. The molecule has 0 saturated heterocycles. The van der Waals surface area contributed by atoms with Gasteiger partial charge in [0, 0.05) is 16.1 Å². The van der Waals surface area contributed by atoms with Crippen molar-refractivity contribution >= 4 is 38.5 Å². The van der Waals surface area contributed by atoms with Gasteiger partial charge >= 0.3 is 24.8 Å². The molecule has 0 saturated carbocycles. The second-order valence-corrected chi connectivity index (χ2v) is 7.70. The number of Topliss-reactive ketones (excluding diaryl/α,β-unsaturated/α-hetero) is 1. The average molecular weight is 510 g/mol. The summed E-state index contributed by atoms with van der Waals surface area (Å²) in [5, 5.41) is 9.14. The number of benzene rings is 2. The van der Waals surface area contributed by atoms with Crippen LogP contribution in [0.15, 0.2) is 47.5 Å². The number of nitrogens with zero attached hydrogens (tertiary/aromatic N) is 4. The molecule has 0 fully saturated rings. The second kappa shape index (κ2) is 11.7. The molecule has 0 N–H and O–H groups in total. The van der Waals surface area contributed by atoms with Crippen LogP contribution in [0.25, 0.3) is 5.69 Å². The zero-order valence-corrected chi connectivity index (χ0v) is 20.5. The van der Waals surface area contributed by atoms with Crippen LogP contribution in [0.2, 0.25) is 10.8 Å². The van der Waals surface area contributed by atoms with E-state index in [1.807, 2.05) is 54.0 Å². The molecule has 2 aromatic carbocycles. The summed E-state index contributed by atoms with van der Waals surface area (Å²) in [5.74, 6) is 4.13. The van der Waals surface area contributed by atoms with Crippen LogP contribution in [-0.2, 0) is 11.3 Å². The molecule has 6 nitrogen and oxygen atoms in total. The molecule has 4 rings (SSSR count). The van der Waals surface area contributed by atoms with Crippen LogP contribution in [0.4, 0.5) is 3.55 Å². The fourth-order valence-corrected chi connectivity index (χ4v) is 3.06. The van der Waals surface area contributed by atoms with E-state index in [-0.39, 0.29) is 5.78 Å². The van der Waals surface area contributed by atoms with Crippen molar-refractivity contribution in [1.29, 1.82) is 0 Å². The van der Waals surface area contributed by atoms with Gasteiger partial charge in [-0.3, -0.25) is 9.56 Å². The van der Waals surface area contributed by atoms with E-state index in [0.29, 0.717) is 11.6 Å². The van der Waals surface area contributed by atoms with E-state index in [4.69, 9.17) is 21.3 Å². The molecule has 2 heterocycles. The Labute approximate surface area is 193 Å². The molecule has 0 unspecified atom stereocenters. The Morgan fingerprint density at radius 1 is 1.16 bits per heavy atom. The quantitative estimate of drug-likeness (QED) is 0.465. The number of aromatic nitrogens is 3. The number of fused-ring (bicyclic) bond motifs is 3. The third kappa shape index (κ3) is 6.47. The van der Waals surface area contributed by atoms with E-state index in [9.17, 15) is 8.35 Å². The Morgan fingerprint density at radius 3 is 2.35 bits per heavy atom. The first-order valence-electron chi connectivity index (χ1n) is 9.34. The summed E-state index contributed by atoms with van der Waals surface area (Å²) in [5.41, 5.74) is 3.88. The standard InChI is InChI=1S/C18H15ClN4O.C3H6O.CH3FSe/c1-11-21-22-17-10-20-18(12-3-5-13(19)6-4-12)15-9-14(24-2)7-8-16(15)23(11)17;1-3(2)4;1-3-2/h3-9H,10H2,1-2H3;1-2H3;1H3. The summed E-state index contributed by atoms with van der Waals surface area (Å²) < 4.78 is 17.8. The van der Waals surface area contributed by atoms with Crippen molar-refractivity contribution in [3.63, 3.8) is 0 Å². The van der Waals surface area contributed by atoms with E-state index in [1.54, 1.807) is 7.11 Å². The van der Waals surface area contributed by atoms with Crippen molar-refractivity contribution in [1.82, 2.24) is 14.8 Å². The fraction of sp³-hybridized carbons (Fsp3) is 0.273. The van der Waals surface area contributed by atoms with Crippen molar-refractivity contribution in [2.75, 3.05) is 7.11 Å². The van der Waals surface area contributed by atoms with Crippen molar-refractivity contribution in [2.45, 2.75) is 33.1 Å². The zero-order chi connectivity index (χ0) is 23.0. The first-order valence-corrected chi connectivity index (χ1v) is 12.1. The second-order valence-electron chi connectivity index (χ2n) is 6.62. The van der Waals surface area contributed by atoms with Crippen LogP contribution >= 0.6 is 11.6 Å². The van der Waals surface area contributed by atoms with E-state index >= 15 is 0 Å². The predicted octanol–water partition coefficient (Wildman–Crippen LogP) is 4.81. The summed E-state index contributed by atoms with van der Waals surface area (Å²) in [7, 11) is 1.66. The summed E-state index contributed by atoms with van der Waals surface area (Å²) >= 11 is 5.40. The molecule has 0 spiro atoms. The van der Waals surface area contributed by atoms with Gasteiger partial charge < -0.3 is 9.53 Å². The molecule has 0 amide bonds. The SMILES string of the molecule is CC(C)=O.COc1ccc2c(c1)C(c1ccc(Cl)cc1)=NCc1nnc(C)n1-2.C[Se]F. The van der Waals surface area contributed by atoms with Crippen molar-refractivity contribution in [2.24, 2.45) is 4.99 Å². The topological polar surface area (TPSA) is 69.4 Å².